The summed E-state index contributed by atoms with van der Waals surface area (Å²) < 4.78 is 13.4. The van der Waals surface area contributed by atoms with Gasteiger partial charge in [-0.3, -0.25) is 5.32 Å². The van der Waals surface area contributed by atoms with Gasteiger partial charge in [0.2, 0.25) is 0 Å². The van der Waals surface area contributed by atoms with Gasteiger partial charge in [-0.1, -0.05) is 23.9 Å². The number of halogens is 1. The topological polar surface area (TPSA) is 48.2 Å². The molecular formula is C10H10FN3S. The van der Waals surface area contributed by atoms with E-state index >= 15 is 0 Å². The lowest BCUT2D eigenvalue weighted by Crippen LogP contribution is -2.12. The van der Waals surface area contributed by atoms with Gasteiger partial charge in [0.1, 0.15) is 11.5 Å². The molecule has 0 aliphatic heterocycles. The summed E-state index contributed by atoms with van der Waals surface area (Å²) in [4.78, 5) is 4.04. The molecule has 0 fully saturated rings. The molecule has 0 unspecified atom stereocenters. The molecular weight excluding hydrogens is 213 g/mol. The summed E-state index contributed by atoms with van der Waals surface area (Å²) in [6.45, 7) is 1.77. The lowest BCUT2D eigenvalue weighted by Gasteiger charge is -2.03. The Morgan fingerprint density at radius 2 is 2.33 bits per heavy atom. The van der Waals surface area contributed by atoms with Crippen LogP contribution in [0.5, 0.6) is 0 Å². The first-order valence-electron chi connectivity index (χ1n) is 4.22. The number of aliphatic imine (C=N–C) groups is 1. The Kier molecular flexibility index (Phi) is 4.13. The molecule has 1 aromatic carbocycles. The molecule has 0 bridgehead atoms. The van der Waals surface area contributed by atoms with Gasteiger partial charge in [0.25, 0.3) is 0 Å². The summed E-state index contributed by atoms with van der Waals surface area (Å²) in [6.07, 6.45) is 3.52. The smallest absolute Gasteiger partial charge is 0.183 e. The summed E-state index contributed by atoms with van der Waals surface area (Å²) in [5.41, 5.74) is 1.01. The van der Waals surface area contributed by atoms with Crippen molar-refractivity contribution in [2.75, 3.05) is 6.26 Å². The van der Waals surface area contributed by atoms with Crippen LogP contribution in [-0.4, -0.2) is 11.4 Å². The average molecular weight is 223 g/mol. The highest BCUT2D eigenvalue weighted by molar-refractivity contribution is 8.13. The number of hydrogen-bond acceptors (Lipinski definition) is 3. The van der Waals surface area contributed by atoms with Crippen LogP contribution in [0.4, 0.5) is 10.1 Å². The van der Waals surface area contributed by atoms with Crippen LogP contribution >= 0.6 is 11.8 Å². The summed E-state index contributed by atoms with van der Waals surface area (Å²) >= 11 is 1.26. The van der Waals surface area contributed by atoms with Gasteiger partial charge in [-0.2, -0.15) is 5.26 Å². The molecule has 1 rings (SSSR count). The molecule has 0 spiro atoms. The highest BCUT2D eigenvalue weighted by Crippen LogP contribution is 2.23. The molecule has 0 radical (unpaired) electrons. The minimum absolute atomic E-state index is 0.268. The number of nitrogens with zero attached hydrogens (tertiary/aromatic N) is 2. The molecule has 0 aliphatic rings. The van der Waals surface area contributed by atoms with Crippen molar-refractivity contribution in [2.24, 2.45) is 4.99 Å². The van der Waals surface area contributed by atoms with Crippen LogP contribution in [-0.2, 0) is 0 Å². The average Bonchev–Trinajstić information content (AvgIpc) is 2.22. The third-order valence-corrected chi connectivity index (χ3v) is 2.34. The largest absolute Gasteiger partial charge is 0.271 e. The normalized spacial score (nSPS) is 10.9. The monoisotopic (exact) mass is 223 g/mol. The molecule has 5 heteroatoms. The number of benzene rings is 1. The lowest BCUT2D eigenvalue weighted by atomic mass is 10.2. The van der Waals surface area contributed by atoms with E-state index in [2.05, 4.69) is 10.3 Å². The number of thioether (sulfide) groups is 1. The van der Waals surface area contributed by atoms with Gasteiger partial charge in [0, 0.05) is 0 Å². The highest BCUT2D eigenvalue weighted by atomic mass is 32.2. The first kappa shape index (κ1) is 11.5. The predicted molar refractivity (Wildman–Crippen MR) is 60.5 cm³/mol. The molecule has 1 aromatic rings. The number of aryl methyl sites for hydroxylation is 1. The minimum Gasteiger partial charge on any atom is -0.271 e. The van der Waals surface area contributed by atoms with Crippen molar-refractivity contribution in [2.45, 2.75) is 6.92 Å². The van der Waals surface area contributed by atoms with Crippen molar-refractivity contribution >= 4 is 22.6 Å². The Bertz CT molecular complexity index is 403. The second kappa shape index (κ2) is 5.37. The molecule has 0 saturated carbocycles. The number of nitriles is 1. The fourth-order valence-electron chi connectivity index (χ4n) is 1.04. The van der Waals surface area contributed by atoms with Gasteiger partial charge in [-0.25, -0.2) is 9.38 Å². The van der Waals surface area contributed by atoms with E-state index in [1.54, 1.807) is 31.5 Å². The van der Waals surface area contributed by atoms with Gasteiger partial charge >= 0.3 is 0 Å². The van der Waals surface area contributed by atoms with Crippen LogP contribution in [0.1, 0.15) is 5.56 Å². The zero-order valence-electron chi connectivity index (χ0n) is 8.41. The quantitative estimate of drug-likeness (QED) is 0.344. The van der Waals surface area contributed by atoms with E-state index in [-0.39, 0.29) is 11.5 Å². The third kappa shape index (κ3) is 2.96. The lowest BCUT2D eigenvalue weighted by molar-refractivity contribution is 0.629. The number of rotatable bonds is 1. The second-order valence-electron chi connectivity index (χ2n) is 2.76. The molecule has 0 heterocycles. The number of para-hydroxylation sites is 1. The van der Waals surface area contributed by atoms with Crippen LogP contribution in [0.3, 0.4) is 0 Å². The molecule has 78 valence electrons. The fraction of sp³-hybridized carbons (Fsp3) is 0.200. The first-order chi connectivity index (χ1) is 7.19. The molecule has 3 nitrogen and oxygen atoms in total. The van der Waals surface area contributed by atoms with E-state index in [4.69, 9.17) is 5.26 Å². The number of hydrogen-bond donors (Lipinski definition) is 1. The third-order valence-electron chi connectivity index (χ3n) is 1.76. The second-order valence-corrected chi connectivity index (χ2v) is 3.56. The minimum atomic E-state index is -0.388. The Morgan fingerprint density at radius 1 is 1.60 bits per heavy atom. The van der Waals surface area contributed by atoms with Crippen molar-refractivity contribution in [3.05, 3.63) is 29.6 Å². The van der Waals surface area contributed by atoms with Crippen LogP contribution < -0.4 is 5.32 Å². The van der Waals surface area contributed by atoms with Crippen LogP contribution in [0.2, 0.25) is 0 Å². The zero-order valence-corrected chi connectivity index (χ0v) is 9.23. The summed E-state index contributed by atoms with van der Waals surface area (Å²) in [7, 11) is 0. The number of amidine groups is 1. The first-order valence-corrected chi connectivity index (χ1v) is 5.44. The molecule has 1 N–H and O–H groups in total. The van der Waals surface area contributed by atoms with Crippen molar-refractivity contribution in [3.63, 3.8) is 0 Å². The van der Waals surface area contributed by atoms with Crippen LogP contribution in [0, 0.1) is 24.2 Å². The van der Waals surface area contributed by atoms with Crippen molar-refractivity contribution in [3.8, 4) is 6.19 Å². The van der Waals surface area contributed by atoms with Crippen LogP contribution in [0.15, 0.2) is 23.2 Å². The maximum absolute atomic E-state index is 13.4. The molecule has 0 saturated heterocycles. The Morgan fingerprint density at radius 3 is 2.87 bits per heavy atom. The Labute approximate surface area is 92.0 Å². The SMILES string of the molecule is CSC(=Nc1c(C)cccc1F)NC#N. The molecule has 0 aromatic heterocycles. The highest BCUT2D eigenvalue weighted by Gasteiger charge is 2.05. The van der Waals surface area contributed by atoms with Gasteiger partial charge in [0.15, 0.2) is 11.4 Å². The predicted octanol–water partition coefficient (Wildman–Crippen LogP) is 2.56. The van der Waals surface area contributed by atoms with E-state index in [9.17, 15) is 4.39 Å². The molecule has 0 atom stereocenters. The Balaban J connectivity index is 3.11. The maximum Gasteiger partial charge on any atom is 0.183 e. The van der Waals surface area contributed by atoms with Crippen molar-refractivity contribution < 1.29 is 4.39 Å². The summed E-state index contributed by atoms with van der Waals surface area (Å²) in [5, 5.41) is 11.2. The summed E-state index contributed by atoms with van der Waals surface area (Å²) in [6, 6.07) is 4.74. The summed E-state index contributed by atoms with van der Waals surface area (Å²) in [5.74, 6) is -0.388. The van der Waals surface area contributed by atoms with Gasteiger partial charge < -0.3 is 0 Å². The number of nitrogens with one attached hydrogen (secondary N) is 1. The molecule has 0 amide bonds. The van der Waals surface area contributed by atoms with Gasteiger partial charge in [-0.15, -0.1) is 0 Å². The zero-order chi connectivity index (χ0) is 11.3. The van der Waals surface area contributed by atoms with E-state index in [1.807, 2.05) is 0 Å². The maximum atomic E-state index is 13.4. The van der Waals surface area contributed by atoms with Crippen molar-refractivity contribution in [1.82, 2.24) is 5.32 Å². The van der Waals surface area contributed by atoms with E-state index in [0.717, 1.165) is 5.56 Å². The van der Waals surface area contributed by atoms with Gasteiger partial charge in [0.05, 0.1) is 0 Å². The van der Waals surface area contributed by atoms with Crippen LogP contribution in [0.25, 0.3) is 0 Å². The van der Waals surface area contributed by atoms with Gasteiger partial charge in [-0.05, 0) is 24.8 Å². The van der Waals surface area contributed by atoms with E-state index in [0.29, 0.717) is 5.17 Å². The molecule has 0 aliphatic carbocycles. The van der Waals surface area contributed by atoms with E-state index < -0.39 is 0 Å². The van der Waals surface area contributed by atoms with Crippen molar-refractivity contribution in [1.29, 1.82) is 5.26 Å². The molecule has 15 heavy (non-hydrogen) atoms. The van der Waals surface area contributed by atoms with E-state index in [1.165, 1.54) is 17.8 Å². The standard InChI is InChI=1S/C10H10FN3S/c1-7-4-3-5-8(11)9(7)14-10(15-2)13-6-12/h3-5H,1-2H3,(H,13,14). The Hall–Kier alpha value is -1.54. The fourth-order valence-corrected chi connectivity index (χ4v) is 1.37.